The Labute approximate surface area is 108 Å². The smallest absolute Gasteiger partial charge is 0.320 e. The Morgan fingerprint density at radius 1 is 1.56 bits per heavy atom. The summed E-state index contributed by atoms with van der Waals surface area (Å²) in [4.78, 5) is 13.6. The third kappa shape index (κ3) is 3.22. The van der Waals surface area contributed by atoms with Gasteiger partial charge in [-0.2, -0.15) is 0 Å². The van der Waals surface area contributed by atoms with E-state index >= 15 is 0 Å². The highest BCUT2D eigenvalue weighted by Crippen LogP contribution is 2.22. The second-order valence-corrected chi connectivity index (χ2v) is 5.71. The predicted octanol–water partition coefficient (Wildman–Crippen LogP) is 0.548. The second-order valence-electron chi connectivity index (χ2n) is 5.71. The molecule has 2 aliphatic heterocycles. The normalized spacial score (nSPS) is 30.4. The van der Waals surface area contributed by atoms with E-state index < -0.39 is 12.0 Å². The van der Waals surface area contributed by atoms with Crippen molar-refractivity contribution in [2.45, 2.75) is 44.9 Å². The first-order valence-corrected chi connectivity index (χ1v) is 6.89. The number of carbonyl (C=O) groups is 1. The van der Waals surface area contributed by atoms with Crippen LogP contribution in [0.4, 0.5) is 0 Å². The van der Waals surface area contributed by atoms with E-state index in [2.05, 4.69) is 10.2 Å². The molecule has 0 aliphatic carbocycles. The lowest BCUT2D eigenvalue weighted by Crippen LogP contribution is -2.52. The molecular weight excluding hydrogens is 232 g/mol. The van der Waals surface area contributed by atoms with Crippen molar-refractivity contribution in [2.75, 3.05) is 26.2 Å². The van der Waals surface area contributed by atoms with Gasteiger partial charge in [-0.3, -0.25) is 9.69 Å². The molecule has 0 amide bonds. The Balaban J connectivity index is 1.78. The molecule has 5 nitrogen and oxygen atoms in total. The van der Waals surface area contributed by atoms with Gasteiger partial charge in [0.2, 0.25) is 0 Å². The SMILES string of the molecule is CC(C)C(NCC1CN2CCCC2CO1)C(=O)O. The quantitative estimate of drug-likeness (QED) is 0.752. The summed E-state index contributed by atoms with van der Waals surface area (Å²) < 4.78 is 5.80. The molecule has 104 valence electrons. The van der Waals surface area contributed by atoms with Gasteiger partial charge >= 0.3 is 5.97 Å². The summed E-state index contributed by atoms with van der Waals surface area (Å²) >= 11 is 0. The van der Waals surface area contributed by atoms with Crippen LogP contribution < -0.4 is 5.32 Å². The van der Waals surface area contributed by atoms with Crippen LogP contribution in [0.1, 0.15) is 26.7 Å². The van der Waals surface area contributed by atoms with E-state index in [0.717, 1.165) is 19.7 Å². The summed E-state index contributed by atoms with van der Waals surface area (Å²) in [6.45, 7) is 7.36. The summed E-state index contributed by atoms with van der Waals surface area (Å²) in [5.74, 6) is -0.689. The number of morpholine rings is 1. The second kappa shape index (κ2) is 5.99. The largest absolute Gasteiger partial charge is 0.480 e. The topological polar surface area (TPSA) is 61.8 Å². The number of nitrogens with zero attached hydrogens (tertiary/aromatic N) is 1. The van der Waals surface area contributed by atoms with Gasteiger partial charge in [0.1, 0.15) is 6.04 Å². The van der Waals surface area contributed by atoms with Crippen molar-refractivity contribution in [3.63, 3.8) is 0 Å². The van der Waals surface area contributed by atoms with Gasteiger partial charge in [-0.05, 0) is 25.3 Å². The van der Waals surface area contributed by atoms with E-state index in [1.807, 2.05) is 13.8 Å². The summed E-state index contributed by atoms with van der Waals surface area (Å²) in [5.41, 5.74) is 0. The molecule has 0 spiro atoms. The van der Waals surface area contributed by atoms with Crippen LogP contribution in [0.25, 0.3) is 0 Å². The van der Waals surface area contributed by atoms with E-state index in [9.17, 15) is 4.79 Å². The first-order chi connectivity index (χ1) is 8.58. The fraction of sp³-hybridized carbons (Fsp3) is 0.923. The molecular formula is C13H24N2O3. The average Bonchev–Trinajstić information content (AvgIpc) is 2.75. The van der Waals surface area contributed by atoms with Crippen LogP contribution in [-0.4, -0.2) is 60.4 Å². The number of hydrogen-bond acceptors (Lipinski definition) is 4. The van der Waals surface area contributed by atoms with Gasteiger partial charge in [0.05, 0.1) is 12.7 Å². The molecule has 0 aromatic rings. The minimum absolute atomic E-state index is 0.0885. The van der Waals surface area contributed by atoms with Crippen molar-refractivity contribution < 1.29 is 14.6 Å². The van der Waals surface area contributed by atoms with Gasteiger partial charge < -0.3 is 15.2 Å². The molecule has 0 saturated carbocycles. The minimum Gasteiger partial charge on any atom is -0.480 e. The molecule has 5 heteroatoms. The predicted molar refractivity (Wildman–Crippen MR) is 68.6 cm³/mol. The van der Waals surface area contributed by atoms with Crippen molar-refractivity contribution >= 4 is 5.97 Å². The number of nitrogens with one attached hydrogen (secondary N) is 1. The van der Waals surface area contributed by atoms with Crippen molar-refractivity contribution in [1.82, 2.24) is 10.2 Å². The molecule has 2 heterocycles. The lowest BCUT2D eigenvalue weighted by Gasteiger charge is -2.35. The maximum Gasteiger partial charge on any atom is 0.320 e. The standard InChI is InChI=1S/C13H24N2O3/c1-9(2)12(13(16)17)14-6-11-7-15-5-3-4-10(15)8-18-11/h9-12,14H,3-8H2,1-2H3,(H,16,17). The maximum atomic E-state index is 11.1. The van der Waals surface area contributed by atoms with Crippen LogP contribution in [0.2, 0.25) is 0 Å². The lowest BCUT2D eigenvalue weighted by molar-refractivity contribution is -0.141. The zero-order chi connectivity index (χ0) is 13.1. The molecule has 2 fully saturated rings. The van der Waals surface area contributed by atoms with Crippen molar-refractivity contribution in [2.24, 2.45) is 5.92 Å². The van der Waals surface area contributed by atoms with Gasteiger partial charge in [0.25, 0.3) is 0 Å². The van der Waals surface area contributed by atoms with Gasteiger partial charge in [-0.25, -0.2) is 0 Å². The van der Waals surface area contributed by atoms with Gasteiger partial charge in [-0.1, -0.05) is 13.8 Å². The third-order valence-electron chi connectivity index (χ3n) is 3.96. The number of rotatable bonds is 5. The Morgan fingerprint density at radius 3 is 3.00 bits per heavy atom. The fourth-order valence-electron chi connectivity index (χ4n) is 2.88. The molecule has 2 rings (SSSR count). The Bertz CT molecular complexity index is 296. The first-order valence-electron chi connectivity index (χ1n) is 6.89. The lowest BCUT2D eigenvalue weighted by atomic mass is 10.0. The van der Waals surface area contributed by atoms with Gasteiger partial charge in [0.15, 0.2) is 0 Å². The number of hydrogen-bond donors (Lipinski definition) is 2. The van der Waals surface area contributed by atoms with Gasteiger partial charge in [-0.15, -0.1) is 0 Å². The summed E-state index contributed by atoms with van der Waals surface area (Å²) in [6, 6.07) is 0.117. The van der Waals surface area contributed by atoms with E-state index in [0.29, 0.717) is 12.6 Å². The molecule has 2 saturated heterocycles. The van der Waals surface area contributed by atoms with E-state index in [1.54, 1.807) is 0 Å². The zero-order valence-electron chi connectivity index (χ0n) is 11.3. The highest BCUT2D eigenvalue weighted by atomic mass is 16.5. The fourth-order valence-corrected chi connectivity index (χ4v) is 2.88. The average molecular weight is 256 g/mol. The molecule has 3 unspecified atom stereocenters. The molecule has 18 heavy (non-hydrogen) atoms. The molecule has 0 radical (unpaired) electrons. The Kier molecular flexibility index (Phi) is 4.59. The van der Waals surface area contributed by atoms with Crippen molar-refractivity contribution in [1.29, 1.82) is 0 Å². The first kappa shape index (κ1) is 13.8. The molecule has 2 aliphatic rings. The van der Waals surface area contributed by atoms with Crippen LogP contribution in [0.3, 0.4) is 0 Å². The van der Waals surface area contributed by atoms with E-state index in [4.69, 9.17) is 9.84 Å². The van der Waals surface area contributed by atoms with Crippen LogP contribution in [0.15, 0.2) is 0 Å². The number of ether oxygens (including phenoxy) is 1. The minimum atomic E-state index is -0.778. The highest BCUT2D eigenvalue weighted by molar-refractivity contribution is 5.73. The molecule has 0 aromatic carbocycles. The number of aliphatic carboxylic acids is 1. The van der Waals surface area contributed by atoms with Crippen LogP contribution in [-0.2, 0) is 9.53 Å². The monoisotopic (exact) mass is 256 g/mol. The van der Waals surface area contributed by atoms with E-state index in [-0.39, 0.29) is 12.0 Å². The Morgan fingerprint density at radius 2 is 2.33 bits per heavy atom. The van der Waals surface area contributed by atoms with Gasteiger partial charge in [0, 0.05) is 19.1 Å². The summed E-state index contributed by atoms with van der Waals surface area (Å²) in [6.07, 6.45) is 2.63. The maximum absolute atomic E-state index is 11.1. The molecule has 0 bridgehead atoms. The number of carboxylic acids is 1. The Hall–Kier alpha value is -0.650. The zero-order valence-corrected chi connectivity index (χ0v) is 11.3. The highest BCUT2D eigenvalue weighted by Gasteiger charge is 2.32. The van der Waals surface area contributed by atoms with E-state index in [1.165, 1.54) is 12.8 Å². The number of fused-ring (bicyclic) bond motifs is 1. The number of carboxylic acid groups (broad SMARTS) is 1. The molecule has 3 atom stereocenters. The van der Waals surface area contributed by atoms with Crippen LogP contribution >= 0.6 is 0 Å². The summed E-state index contributed by atoms with van der Waals surface area (Å²) in [7, 11) is 0. The van der Waals surface area contributed by atoms with Crippen molar-refractivity contribution in [3.8, 4) is 0 Å². The molecule has 0 aromatic heterocycles. The third-order valence-corrected chi connectivity index (χ3v) is 3.96. The summed E-state index contributed by atoms with van der Waals surface area (Å²) in [5, 5.41) is 12.2. The van der Waals surface area contributed by atoms with Crippen molar-refractivity contribution in [3.05, 3.63) is 0 Å². The molecule has 2 N–H and O–H groups in total. The van der Waals surface area contributed by atoms with Crippen LogP contribution in [0, 0.1) is 5.92 Å². The van der Waals surface area contributed by atoms with Crippen LogP contribution in [0.5, 0.6) is 0 Å².